The molecule has 152 valence electrons. The first-order chi connectivity index (χ1) is 13.9. The van der Waals surface area contributed by atoms with E-state index in [1.165, 1.54) is 19.1 Å². The molecule has 0 aromatic heterocycles. The second-order valence-corrected chi connectivity index (χ2v) is 6.63. The zero-order valence-electron chi connectivity index (χ0n) is 15.6. The van der Waals surface area contributed by atoms with Gasteiger partial charge in [0.25, 0.3) is 5.91 Å². The van der Waals surface area contributed by atoms with E-state index >= 15 is 0 Å². The van der Waals surface area contributed by atoms with Gasteiger partial charge in [-0.2, -0.15) is 0 Å². The van der Waals surface area contributed by atoms with Gasteiger partial charge in [-0.25, -0.2) is 4.79 Å². The number of anilines is 2. The van der Waals surface area contributed by atoms with Gasteiger partial charge in [0, 0.05) is 24.7 Å². The molecule has 0 saturated carbocycles. The number of hydrogen-bond donors (Lipinski definition) is 2. The molecule has 3 rings (SSSR count). The fraction of sp³-hybridized carbons (Fsp3) is 0.250. The molecular formula is C20H19ClN2O6. The van der Waals surface area contributed by atoms with Crippen LogP contribution in [0.5, 0.6) is 11.5 Å². The minimum absolute atomic E-state index is 0.153. The van der Waals surface area contributed by atoms with Gasteiger partial charge in [0.05, 0.1) is 23.8 Å². The second kappa shape index (κ2) is 9.29. The Balaban J connectivity index is 1.59. The van der Waals surface area contributed by atoms with Crippen LogP contribution in [-0.2, 0) is 14.3 Å². The van der Waals surface area contributed by atoms with Crippen molar-refractivity contribution in [3.05, 3.63) is 47.0 Å². The fourth-order valence-electron chi connectivity index (χ4n) is 2.64. The van der Waals surface area contributed by atoms with Gasteiger partial charge >= 0.3 is 5.97 Å². The van der Waals surface area contributed by atoms with Crippen molar-refractivity contribution in [3.63, 3.8) is 0 Å². The van der Waals surface area contributed by atoms with E-state index in [0.717, 1.165) is 0 Å². The van der Waals surface area contributed by atoms with E-state index in [0.29, 0.717) is 42.5 Å². The Bertz CT molecular complexity index is 947. The average molecular weight is 419 g/mol. The van der Waals surface area contributed by atoms with Crippen LogP contribution in [0.25, 0.3) is 0 Å². The van der Waals surface area contributed by atoms with Gasteiger partial charge in [-0.1, -0.05) is 17.7 Å². The lowest BCUT2D eigenvalue weighted by Gasteiger charge is -2.12. The lowest BCUT2D eigenvalue weighted by Crippen LogP contribution is -2.21. The van der Waals surface area contributed by atoms with Crippen LogP contribution < -0.4 is 20.1 Å². The molecule has 0 atom stereocenters. The molecule has 29 heavy (non-hydrogen) atoms. The van der Waals surface area contributed by atoms with Crippen molar-refractivity contribution in [2.45, 2.75) is 13.3 Å². The average Bonchev–Trinajstić information content (AvgIpc) is 2.91. The number of carbonyl (C=O) groups excluding carboxylic acids is 3. The van der Waals surface area contributed by atoms with Crippen LogP contribution in [0.4, 0.5) is 11.4 Å². The van der Waals surface area contributed by atoms with Crippen LogP contribution in [-0.4, -0.2) is 37.6 Å². The van der Waals surface area contributed by atoms with Crippen molar-refractivity contribution >= 4 is 40.8 Å². The Morgan fingerprint density at radius 1 is 1.07 bits per heavy atom. The van der Waals surface area contributed by atoms with Crippen LogP contribution in [0.1, 0.15) is 23.7 Å². The highest BCUT2D eigenvalue weighted by molar-refractivity contribution is 6.32. The van der Waals surface area contributed by atoms with Crippen molar-refractivity contribution in [2.75, 3.05) is 30.5 Å². The van der Waals surface area contributed by atoms with Gasteiger partial charge in [0.2, 0.25) is 5.91 Å². The number of benzene rings is 2. The van der Waals surface area contributed by atoms with E-state index in [1.54, 1.807) is 24.3 Å². The van der Waals surface area contributed by atoms with Crippen molar-refractivity contribution < 1.29 is 28.6 Å². The summed E-state index contributed by atoms with van der Waals surface area (Å²) < 4.78 is 16.1. The number of hydrogen-bond acceptors (Lipinski definition) is 6. The number of ether oxygens (including phenoxy) is 3. The van der Waals surface area contributed by atoms with E-state index in [9.17, 15) is 14.4 Å². The smallest absolute Gasteiger partial charge is 0.338 e. The van der Waals surface area contributed by atoms with Crippen LogP contribution in [0, 0.1) is 0 Å². The molecule has 2 N–H and O–H groups in total. The highest BCUT2D eigenvalue weighted by Gasteiger charge is 2.19. The van der Waals surface area contributed by atoms with E-state index in [-0.39, 0.29) is 16.5 Å². The summed E-state index contributed by atoms with van der Waals surface area (Å²) in [7, 11) is 0. The highest BCUT2D eigenvalue weighted by Crippen LogP contribution is 2.38. The predicted molar refractivity (Wildman–Crippen MR) is 107 cm³/mol. The van der Waals surface area contributed by atoms with Gasteiger partial charge in [0.1, 0.15) is 0 Å². The Morgan fingerprint density at radius 2 is 1.79 bits per heavy atom. The van der Waals surface area contributed by atoms with Crippen LogP contribution in [0.3, 0.4) is 0 Å². The normalized spacial score (nSPS) is 12.5. The van der Waals surface area contributed by atoms with E-state index in [1.807, 2.05) is 0 Å². The third kappa shape index (κ3) is 5.61. The molecule has 0 bridgehead atoms. The van der Waals surface area contributed by atoms with Crippen molar-refractivity contribution in [2.24, 2.45) is 0 Å². The molecule has 0 aliphatic carbocycles. The molecule has 1 aliphatic heterocycles. The molecule has 2 aromatic rings. The summed E-state index contributed by atoms with van der Waals surface area (Å²) >= 11 is 6.16. The van der Waals surface area contributed by atoms with Gasteiger partial charge in [-0.15, -0.1) is 0 Å². The maximum Gasteiger partial charge on any atom is 0.338 e. The first-order valence-electron chi connectivity index (χ1n) is 8.86. The molecule has 2 aromatic carbocycles. The predicted octanol–water partition coefficient (Wildman–Crippen LogP) is 3.26. The highest BCUT2D eigenvalue weighted by atomic mass is 35.5. The van der Waals surface area contributed by atoms with Gasteiger partial charge in [0.15, 0.2) is 18.1 Å². The summed E-state index contributed by atoms with van der Waals surface area (Å²) in [6.45, 7) is 1.81. The summed E-state index contributed by atoms with van der Waals surface area (Å²) in [6.07, 6.45) is 0.702. The molecule has 8 nitrogen and oxygen atoms in total. The summed E-state index contributed by atoms with van der Waals surface area (Å²) in [5, 5.41) is 5.44. The Kier molecular flexibility index (Phi) is 6.56. The number of rotatable bonds is 5. The Morgan fingerprint density at radius 3 is 2.55 bits per heavy atom. The summed E-state index contributed by atoms with van der Waals surface area (Å²) in [6, 6.07) is 9.48. The zero-order valence-corrected chi connectivity index (χ0v) is 16.4. The van der Waals surface area contributed by atoms with Crippen molar-refractivity contribution in [3.8, 4) is 11.5 Å². The monoisotopic (exact) mass is 418 g/mol. The van der Waals surface area contributed by atoms with Crippen molar-refractivity contribution in [1.29, 1.82) is 0 Å². The second-order valence-electron chi connectivity index (χ2n) is 6.22. The number of esters is 1. The van der Waals surface area contributed by atoms with Crippen molar-refractivity contribution in [1.82, 2.24) is 0 Å². The number of amides is 2. The van der Waals surface area contributed by atoms with E-state index in [2.05, 4.69) is 10.6 Å². The molecule has 0 spiro atoms. The van der Waals surface area contributed by atoms with E-state index in [4.69, 9.17) is 25.8 Å². The van der Waals surface area contributed by atoms with Crippen LogP contribution in [0.2, 0.25) is 5.02 Å². The van der Waals surface area contributed by atoms with Gasteiger partial charge in [-0.05, 0) is 30.3 Å². The minimum atomic E-state index is -0.718. The molecular weight excluding hydrogens is 400 g/mol. The molecule has 0 fully saturated rings. The fourth-order valence-corrected chi connectivity index (χ4v) is 2.90. The summed E-state index contributed by atoms with van der Waals surface area (Å²) in [5.74, 6) is -0.724. The zero-order chi connectivity index (χ0) is 20.8. The molecule has 0 radical (unpaired) electrons. The van der Waals surface area contributed by atoms with Gasteiger partial charge < -0.3 is 24.8 Å². The maximum atomic E-state index is 12.3. The molecule has 0 saturated heterocycles. The molecule has 1 aliphatic rings. The lowest BCUT2D eigenvalue weighted by molar-refractivity contribution is -0.119. The van der Waals surface area contributed by atoms with Crippen LogP contribution >= 0.6 is 11.6 Å². The van der Waals surface area contributed by atoms with Gasteiger partial charge in [-0.3, -0.25) is 9.59 Å². The lowest BCUT2D eigenvalue weighted by atomic mass is 10.2. The largest absolute Gasteiger partial charge is 0.489 e. The quantitative estimate of drug-likeness (QED) is 0.722. The minimum Gasteiger partial charge on any atom is -0.489 e. The molecule has 2 amide bonds. The standard InChI is InChI=1S/C20H19ClN2O6/c1-12(24)22-14-4-2-5-15(10-14)23-18(25)11-29-20(26)13-8-16(21)19-17(9-13)27-6-3-7-28-19/h2,4-5,8-10H,3,6-7,11H2,1H3,(H,22,24)(H,23,25). The number of halogens is 1. The Labute approximate surface area is 172 Å². The molecule has 0 unspecified atom stereocenters. The third-order valence-corrected chi connectivity index (χ3v) is 4.12. The molecule has 9 heteroatoms. The number of fused-ring (bicyclic) bond motifs is 1. The van der Waals surface area contributed by atoms with Crippen LogP contribution in [0.15, 0.2) is 36.4 Å². The summed E-state index contributed by atoms with van der Waals surface area (Å²) in [5.41, 5.74) is 1.14. The number of nitrogens with one attached hydrogen (secondary N) is 2. The first kappa shape index (κ1) is 20.5. The Hall–Kier alpha value is -3.26. The molecule has 1 heterocycles. The SMILES string of the molecule is CC(=O)Nc1cccc(NC(=O)COC(=O)c2cc(Cl)c3c(c2)OCCCO3)c1. The third-order valence-electron chi connectivity index (χ3n) is 3.84. The maximum absolute atomic E-state index is 12.3. The number of carbonyl (C=O) groups is 3. The summed E-state index contributed by atoms with van der Waals surface area (Å²) in [4.78, 5) is 35.5. The van der Waals surface area contributed by atoms with E-state index < -0.39 is 18.5 Å². The topological polar surface area (TPSA) is 103 Å². The first-order valence-corrected chi connectivity index (χ1v) is 9.24.